The van der Waals surface area contributed by atoms with Crippen LogP contribution in [0, 0.1) is 0 Å². The third-order valence-corrected chi connectivity index (χ3v) is 5.20. The Morgan fingerprint density at radius 3 is 3.00 bits per heavy atom. The highest BCUT2D eigenvalue weighted by atomic mass is 35.5. The van der Waals surface area contributed by atoms with Gasteiger partial charge < -0.3 is 20.5 Å². The molecule has 10 heteroatoms. The number of ether oxygens (including phenoxy) is 1. The largest absolute Gasteiger partial charge is 0.504 e. The van der Waals surface area contributed by atoms with Gasteiger partial charge in [-0.05, 0) is 48.9 Å². The van der Waals surface area contributed by atoms with Crippen LogP contribution in [0.15, 0.2) is 52.7 Å². The highest BCUT2D eigenvalue weighted by Crippen LogP contribution is 2.26. The lowest BCUT2D eigenvalue weighted by Gasteiger charge is -2.21. The molecular formula is C20H19ClN4O4S. The lowest BCUT2D eigenvalue weighted by molar-refractivity contribution is -0.123. The van der Waals surface area contributed by atoms with Gasteiger partial charge in [0.2, 0.25) is 11.8 Å². The summed E-state index contributed by atoms with van der Waals surface area (Å²) in [6.45, 7) is 2.23. The average Bonchev–Trinajstić information content (AvgIpc) is 2.70. The Morgan fingerprint density at radius 2 is 2.23 bits per heavy atom. The summed E-state index contributed by atoms with van der Waals surface area (Å²) in [5, 5.41) is 23.1. The number of nitrogens with zero attached hydrogens (tertiary/aromatic N) is 2. The smallest absolute Gasteiger partial charge is 0.238 e. The van der Waals surface area contributed by atoms with Crippen LogP contribution < -0.4 is 15.4 Å². The van der Waals surface area contributed by atoms with E-state index >= 15 is 0 Å². The van der Waals surface area contributed by atoms with Gasteiger partial charge in [-0.1, -0.05) is 29.4 Å². The van der Waals surface area contributed by atoms with Crippen molar-refractivity contribution < 1.29 is 19.4 Å². The monoisotopic (exact) mass is 446 g/mol. The van der Waals surface area contributed by atoms with Crippen LogP contribution in [0.2, 0.25) is 5.02 Å². The van der Waals surface area contributed by atoms with Crippen molar-refractivity contribution in [3.8, 4) is 11.5 Å². The lowest BCUT2D eigenvalue weighted by atomic mass is 10.2. The lowest BCUT2D eigenvalue weighted by Crippen LogP contribution is -2.41. The molecule has 2 amide bonds. The van der Waals surface area contributed by atoms with E-state index in [1.54, 1.807) is 36.4 Å². The van der Waals surface area contributed by atoms with Crippen LogP contribution in [0.5, 0.6) is 11.5 Å². The summed E-state index contributed by atoms with van der Waals surface area (Å²) in [6.07, 6.45) is 1.48. The Balaban J connectivity index is 1.66. The molecule has 0 radical (unpaired) electrons. The summed E-state index contributed by atoms with van der Waals surface area (Å²) >= 11 is 7.04. The maximum atomic E-state index is 12.5. The summed E-state index contributed by atoms with van der Waals surface area (Å²) in [6, 6.07) is 11.5. The van der Waals surface area contributed by atoms with Gasteiger partial charge in [0.25, 0.3) is 0 Å². The molecule has 3 N–H and O–H groups in total. The van der Waals surface area contributed by atoms with E-state index in [1.807, 2.05) is 6.92 Å². The molecule has 0 saturated carbocycles. The number of amides is 2. The molecule has 1 aliphatic heterocycles. The van der Waals surface area contributed by atoms with Crippen molar-refractivity contribution in [2.24, 2.45) is 10.2 Å². The van der Waals surface area contributed by atoms with E-state index in [-0.39, 0.29) is 29.2 Å². The van der Waals surface area contributed by atoms with Crippen molar-refractivity contribution in [2.75, 3.05) is 11.9 Å². The van der Waals surface area contributed by atoms with E-state index in [1.165, 1.54) is 12.3 Å². The van der Waals surface area contributed by atoms with Crippen molar-refractivity contribution in [2.45, 2.75) is 18.6 Å². The molecule has 1 atom stereocenters. The second kappa shape index (κ2) is 10.1. The third kappa shape index (κ3) is 5.98. The van der Waals surface area contributed by atoms with Gasteiger partial charge in [-0.25, -0.2) is 0 Å². The normalized spacial score (nSPS) is 17.7. The number of phenols is 1. The van der Waals surface area contributed by atoms with Crippen LogP contribution in [0.4, 0.5) is 5.69 Å². The molecule has 156 valence electrons. The first kappa shape index (κ1) is 21.7. The minimum Gasteiger partial charge on any atom is -0.504 e. The Morgan fingerprint density at radius 1 is 1.40 bits per heavy atom. The van der Waals surface area contributed by atoms with E-state index < -0.39 is 5.25 Å². The fourth-order valence-corrected chi connectivity index (χ4v) is 3.69. The maximum Gasteiger partial charge on any atom is 0.238 e. The standard InChI is InChI=1S/C20H19ClN4O4S/c1-2-29-16-8-12(6-7-15(16)26)11-22-25-20-24-18(27)10-17(30-20)19(28)23-14-5-3-4-13(21)9-14/h3-9,11,17,26H,2,10H2,1H3,(H,23,28)(H,24,25,27)/b22-11-/t17-/m0/s1. The molecule has 0 bridgehead atoms. The highest BCUT2D eigenvalue weighted by Gasteiger charge is 2.30. The van der Waals surface area contributed by atoms with Crippen molar-refractivity contribution >= 4 is 52.2 Å². The van der Waals surface area contributed by atoms with Gasteiger partial charge >= 0.3 is 0 Å². The number of anilines is 1. The number of phenolic OH excluding ortho intramolecular Hbond substituents is 1. The van der Waals surface area contributed by atoms with Crippen molar-refractivity contribution in [1.82, 2.24) is 5.32 Å². The molecule has 1 saturated heterocycles. The Labute approximate surface area is 182 Å². The fourth-order valence-electron chi connectivity index (χ4n) is 2.56. The van der Waals surface area contributed by atoms with Gasteiger partial charge in [0.1, 0.15) is 5.25 Å². The highest BCUT2D eigenvalue weighted by molar-refractivity contribution is 8.15. The Hall–Kier alpha value is -3.04. The summed E-state index contributed by atoms with van der Waals surface area (Å²) < 4.78 is 5.32. The van der Waals surface area contributed by atoms with Gasteiger partial charge in [0.15, 0.2) is 16.7 Å². The molecule has 0 unspecified atom stereocenters. The van der Waals surface area contributed by atoms with E-state index in [0.29, 0.717) is 28.6 Å². The number of hydrogen-bond acceptors (Lipinski definition) is 7. The number of halogens is 1. The van der Waals surface area contributed by atoms with Gasteiger partial charge in [-0.15, -0.1) is 5.10 Å². The van der Waals surface area contributed by atoms with E-state index in [4.69, 9.17) is 16.3 Å². The molecule has 1 heterocycles. The number of aromatic hydroxyl groups is 1. The predicted molar refractivity (Wildman–Crippen MR) is 119 cm³/mol. The zero-order valence-corrected chi connectivity index (χ0v) is 17.5. The molecular weight excluding hydrogens is 428 g/mol. The zero-order valence-electron chi connectivity index (χ0n) is 16.0. The summed E-state index contributed by atoms with van der Waals surface area (Å²) in [5.41, 5.74) is 1.20. The summed E-state index contributed by atoms with van der Waals surface area (Å²) in [7, 11) is 0. The first-order chi connectivity index (χ1) is 14.4. The molecule has 0 spiro atoms. The second-order valence-corrected chi connectivity index (χ2v) is 7.80. The number of benzene rings is 2. The quantitative estimate of drug-likeness (QED) is 0.465. The van der Waals surface area contributed by atoms with Gasteiger partial charge in [0, 0.05) is 17.1 Å². The van der Waals surface area contributed by atoms with Gasteiger partial charge in [0.05, 0.1) is 12.8 Å². The average molecular weight is 447 g/mol. The number of carbonyl (C=O) groups excluding carboxylic acids is 2. The summed E-state index contributed by atoms with van der Waals surface area (Å²) in [5.74, 6) is -0.276. The number of nitrogens with one attached hydrogen (secondary N) is 2. The molecule has 2 aromatic carbocycles. The fraction of sp³-hybridized carbons (Fsp3) is 0.200. The molecule has 1 aliphatic rings. The van der Waals surface area contributed by atoms with Crippen LogP contribution in [0.25, 0.3) is 0 Å². The molecule has 0 aliphatic carbocycles. The molecule has 30 heavy (non-hydrogen) atoms. The van der Waals surface area contributed by atoms with Crippen LogP contribution in [0.3, 0.4) is 0 Å². The summed E-state index contributed by atoms with van der Waals surface area (Å²) in [4.78, 5) is 24.5. The van der Waals surface area contributed by atoms with E-state index in [0.717, 1.165) is 11.8 Å². The SMILES string of the molecule is CCOc1cc(/C=N\N=C2NC(=O)C[C@@H](C(=O)Nc3cccc(Cl)c3)S2)ccc1O. The zero-order chi connectivity index (χ0) is 21.5. The third-order valence-electron chi connectivity index (χ3n) is 3.89. The molecule has 2 aromatic rings. The van der Waals surface area contributed by atoms with Crippen LogP contribution in [-0.4, -0.2) is 40.2 Å². The predicted octanol–water partition coefficient (Wildman–Crippen LogP) is 3.39. The molecule has 0 aromatic heterocycles. The maximum absolute atomic E-state index is 12.5. The van der Waals surface area contributed by atoms with Crippen molar-refractivity contribution in [3.05, 3.63) is 53.1 Å². The number of carbonyl (C=O) groups is 2. The van der Waals surface area contributed by atoms with E-state index in [2.05, 4.69) is 20.8 Å². The molecule has 8 nitrogen and oxygen atoms in total. The number of rotatable bonds is 6. The Kier molecular flexibility index (Phi) is 7.31. The van der Waals surface area contributed by atoms with Crippen LogP contribution >= 0.6 is 23.4 Å². The topological polar surface area (TPSA) is 112 Å². The Bertz CT molecular complexity index is 1010. The van der Waals surface area contributed by atoms with Gasteiger partial charge in [-0.2, -0.15) is 5.10 Å². The van der Waals surface area contributed by atoms with Crippen LogP contribution in [-0.2, 0) is 9.59 Å². The van der Waals surface area contributed by atoms with Crippen molar-refractivity contribution in [1.29, 1.82) is 0 Å². The molecule has 3 rings (SSSR count). The first-order valence-corrected chi connectivity index (χ1v) is 10.3. The minimum absolute atomic E-state index is 0.0233. The number of thioether (sulfide) groups is 1. The number of hydrogen-bond donors (Lipinski definition) is 3. The first-order valence-electron chi connectivity index (χ1n) is 9.04. The number of amidine groups is 1. The molecule has 1 fully saturated rings. The van der Waals surface area contributed by atoms with Crippen molar-refractivity contribution in [3.63, 3.8) is 0 Å². The van der Waals surface area contributed by atoms with Crippen LogP contribution in [0.1, 0.15) is 18.9 Å². The minimum atomic E-state index is -0.648. The van der Waals surface area contributed by atoms with E-state index in [9.17, 15) is 14.7 Å². The van der Waals surface area contributed by atoms with Gasteiger partial charge in [-0.3, -0.25) is 9.59 Å². The second-order valence-electron chi connectivity index (χ2n) is 6.17.